The van der Waals surface area contributed by atoms with Crippen LogP contribution in [0.5, 0.6) is 0 Å². The summed E-state index contributed by atoms with van der Waals surface area (Å²) in [5, 5.41) is 7.15. The van der Waals surface area contributed by atoms with Gasteiger partial charge >= 0.3 is 0 Å². The molecule has 0 radical (unpaired) electrons. The first-order valence-corrected chi connectivity index (χ1v) is 10.1. The summed E-state index contributed by atoms with van der Waals surface area (Å²) < 4.78 is 0. The van der Waals surface area contributed by atoms with Gasteiger partial charge in [0.25, 0.3) is 5.91 Å². The molecule has 0 bridgehead atoms. The zero-order valence-electron chi connectivity index (χ0n) is 16.7. The molecule has 0 unspecified atom stereocenters. The van der Waals surface area contributed by atoms with Crippen LogP contribution in [0.2, 0.25) is 5.02 Å². The van der Waals surface area contributed by atoms with E-state index in [1.54, 1.807) is 24.3 Å². The average Bonchev–Trinajstić information content (AvgIpc) is 2.69. The third-order valence-electron chi connectivity index (χ3n) is 5.21. The second kappa shape index (κ2) is 9.24. The molecule has 0 aliphatic heterocycles. The van der Waals surface area contributed by atoms with Crippen molar-refractivity contribution in [2.75, 3.05) is 30.9 Å². The number of nitrogens with one attached hydrogen (secondary N) is 2. The van der Waals surface area contributed by atoms with Crippen molar-refractivity contribution in [1.29, 1.82) is 0 Å². The van der Waals surface area contributed by atoms with E-state index in [9.17, 15) is 4.79 Å². The largest absolute Gasteiger partial charge is 0.362 e. The number of hydrogen-bond donors (Lipinski definition) is 2. The first-order valence-electron chi connectivity index (χ1n) is 9.73. The van der Waals surface area contributed by atoms with Gasteiger partial charge in [0.05, 0.1) is 0 Å². The van der Waals surface area contributed by atoms with E-state index in [0.717, 1.165) is 37.1 Å². The van der Waals surface area contributed by atoms with Crippen molar-refractivity contribution >= 4 is 29.3 Å². The molecule has 0 saturated heterocycles. The number of hydrogen-bond acceptors (Lipinski definition) is 5. The Labute approximate surface area is 171 Å². The third kappa shape index (κ3) is 5.35. The van der Waals surface area contributed by atoms with Crippen LogP contribution in [0.3, 0.4) is 0 Å². The van der Waals surface area contributed by atoms with Crippen LogP contribution in [0, 0.1) is 12.8 Å². The number of carbonyl (C=O) groups excluding carboxylic acids is 1. The maximum absolute atomic E-state index is 12.2. The summed E-state index contributed by atoms with van der Waals surface area (Å²) in [4.78, 5) is 23.3. The number of benzene rings is 1. The van der Waals surface area contributed by atoms with Crippen LogP contribution < -0.4 is 15.5 Å². The van der Waals surface area contributed by atoms with E-state index < -0.39 is 0 Å². The van der Waals surface area contributed by atoms with Crippen LogP contribution in [0.15, 0.2) is 30.5 Å². The van der Waals surface area contributed by atoms with E-state index in [0.29, 0.717) is 35.0 Å². The molecule has 1 amide bonds. The lowest BCUT2D eigenvalue weighted by Gasteiger charge is -2.29. The molecule has 1 aromatic heterocycles. The van der Waals surface area contributed by atoms with Gasteiger partial charge in [-0.25, -0.2) is 4.98 Å². The predicted octanol–water partition coefficient (Wildman–Crippen LogP) is 3.91. The van der Waals surface area contributed by atoms with Crippen molar-refractivity contribution in [2.24, 2.45) is 5.92 Å². The number of aromatic nitrogens is 2. The first-order chi connectivity index (χ1) is 13.4. The minimum atomic E-state index is -0.0406. The van der Waals surface area contributed by atoms with E-state index in [-0.39, 0.29) is 5.91 Å². The number of rotatable bonds is 6. The van der Waals surface area contributed by atoms with Gasteiger partial charge < -0.3 is 15.5 Å². The zero-order chi connectivity index (χ0) is 20.1. The monoisotopic (exact) mass is 401 g/mol. The van der Waals surface area contributed by atoms with Crippen molar-refractivity contribution in [3.05, 3.63) is 46.6 Å². The van der Waals surface area contributed by atoms with Crippen LogP contribution in [0.1, 0.15) is 41.6 Å². The Balaban J connectivity index is 1.45. The van der Waals surface area contributed by atoms with Gasteiger partial charge in [-0.05, 0) is 62.8 Å². The fraction of sp³-hybridized carbons (Fsp3) is 0.476. The number of halogens is 1. The summed E-state index contributed by atoms with van der Waals surface area (Å²) >= 11 is 5.87. The normalized spacial score (nSPS) is 19.1. The van der Waals surface area contributed by atoms with Gasteiger partial charge in [-0.1, -0.05) is 11.6 Å². The predicted molar refractivity (Wildman–Crippen MR) is 114 cm³/mol. The van der Waals surface area contributed by atoms with Gasteiger partial charge in [0.2, 0.25) is 5.95 Å². The lowest BCUT2D eigenvalue weighted by Crippen LogP contribution is -2.34. The number of nitrogens with zero attached hydrogens (tertiary/aromatic N) is 3. The third-order valence-corrected chi connectivity index (χ3v) is 5.46. The molecule has 1 heterocycles. The molecule has 0 spiro atoms. The molecule has 0 atom stereocenters. The number of carbonyl (C=O) groups is 1. The summed E-state index contributed by atoms with van der Waals surface area (Å²) in [7, 11) is 3.98. The Morgan fingerprint density at radius 2 is 1.86 bits per heavy atom. The minimum absolute atomic E-state index is 0.0406. The Bertz CT molecular complexity index is 801. The van der Waals surface area contributed by atoms with Crippen LogP contribution in [0.25, 0.3) is 0 Å². The Morgan fingerprint density at radius 1 is 1.18 bits per heavy atom. The van der Waals surface area contributed by atoms with E-state index in [1.165, 1.54) is 0 Å². The molecule has 150 valence electrons. The molecular weight excluding hydrogens is 374 g/mol. The summed E-state index contributed by atoms with van der Waals surface area (Å²) in [6.07, 6.45) is 6.12. The van der Waals surface area contributed by atoms with Gasteiger partial charge in [-0.15, -0.1) is 0 Å². The maximum Gasteiger partial charge on any atom is 0.251 e. The summed E-state index contributed by atoms with van der Waals surface area (Å²) in [5.41, 5.74) is 1.71. The van der Waals surface area contributed by atoms with Crippen molar-refractivity contribution in [1.82, 2.24) is 15.3 Å². The zero-order valence-corrected chi connectivity index (χ0v) is 17.5. The lowest BCUT2D eigenvalue weighted by atomic mass is 9.86. The molecule has 7 heteroatoms. The van der Waals surface area contributed by atoms with E-state index in [1.807, 2.05) is 32.1 Å². The first kappa shape index (κ1) is 20.4. The van der Waals surface area contributed by atoms with E-state index >= 15 is 0 Å². The summed E-state index contributed by atoms with van der Waals surface area (Å²) in [6, 6.07) is 7.36. The SMILES string of the molecule is Cc1cnc(N[C@H]2CC[C@@H](CNC(=O)c3ccc(Cl)cc3)CC2)nc1N(C)C. The molecule has 2 N–H and O–H groups in total. The smallest absolute Gasteiger partial charge is 0.251 e. The molecule has 6 nitrogen and oxygen atoms in total. The quantitative estimate of drug-likeness (QED) is 0.768. The van der Waals surface area contributed by atoms with E-state index in [2.05, 4.69) is 20.6 Å². The van der Waals surface area contributed by atoms with Crippen molar-refractivity contribution < 1.29 is 4.79 Å². The van der Waals surface area contributed by atoms with Gasteiger partial charge in [0.1, 0.15) is 5.82 Å². The molecule has 1 aliphatic rings. The Morgan fingerprint density at radius 3 is 2.50 bits per heavy atom. The highest BCUT2D eigenvalue weighted by molar-refractivity contribution is 6.30. The molecule has 1 fully saturated rings. The van der Waals surface area contributed by atoms with Gasteiger partial charge in [0, 0.05) is 49.0 Å². The Hall–Kier alpha value is -2.34. The maximum atomic E-state index is 12.2. The van der Waals surface area contributed by atoms with Gasteiger partial charge in [0.15, 0.2) is 0 Å². The van der Waals surface area contributed by atoms with Crippen LogP contribution in [0.4, 0.5) is 11.8 Å². The highest BCUT2D eigenvalue weighted by atomic mass is 35.5. The van der Waals surface area contributed by atoms with Gasteiger partial charge in [-0.3, -0.25) is 4.79 Å². The molecule has 1 aromatic carbocycles. The highest BCUT2D eigenvalue weighted by Gasteiger charge is 2.22. The van der Waals surface area contributed by atoms with Crippen LogP contribution in [-0.4, -0.2) is 42.6 Å². The molecule has 28 heavy (non-hydrogen) atoms. The second-order valence-electron chi connectivity index (χ2n) is 7.67. The molecule has 2 aromatic rings. The standard InChI is InChI=1S/C21H28ClN5O/c1-14-12-24-21(26-19(14)27(2)3)25-18-10-4-15(5-11-18)13-23-20(28)16-6-8-17(22)9-7-16/h6-9,12,15,18H,4-5,10-11,13H2,1-3H3,(H,23,28)(H,24,25,26)/t15-,18+. The topological polar surface area (TPSA) is 70.1 Å². The Kier molecular flexibility index (Phi) is 6.73. The van der Waals surface area contributed by atoms with Crippen molar-refractivity contribution in [2.45, 2.75) is 38.6 Å². The van der Waals surface area contributed by atoms with Crippen molar-refractivity contribution in [3.8, 4) is 0 Å². The van der Waals surface area contributed by atoms with Crippen LogP contribution in [-0.2, 0) is 0 Å². The fourth-order valence-corrected chi connectivity index (χ4v) is 3.72. The summed E-state index contributed by atoms with van der Waals surface area (Å²) in [5.74, 6) is 2.09. The van der Waals surface area contributed by atoms with Gasteiger partial charge in [-0.2, -0.15) is 4.98 Å². The minimum Gasteiger partial charge on any atom is -0.362 e. The lowest BCUT2D eigenvalue weighted by molar-refractivity contribution is 0.0943. The van der Waals surface area contributed by atoms with Crippen molar-refractivity contribution in [3.63, 3.8) is 0 Å². The van der Waals surface area contributed by atoms with E-state index in [4.69, 9.17) is 11.6 Å². The fourth-order valence-electron chi connectivity index (χ4n) is 3.59. The number of anilines is 2. The molecule has 1 saturated carbocycles. The highest BCUT2D eigenvalue weighted by Crippen LogP contribution is 2.26. The average molecular weight is 402 g/mol. The molecule has 3 rings (SSSR count). The van der Waals surface area contributed by atoms with Crippen LogP contribution >= 0.6 is 11.6 Å². The second-order valence-corrected chi connectivity index (χ2v) is 8.11. The molecule has 1 aliphatic carbocycles. The molecular formula is C21H28ClN5O. The summed E-state index contributed by atoms with van der Waals surface area (Å²) in [6.45, 7) is 2.72. The number of amides is 1. The number of aryl methyl sites for hydroxylation is 1.